The lowest BCUT2D eigenvalue weighted by Gasteiger charge is -2.32. The molecule has 0 saturated heterocycles. The quantitative estimate of drug-likeness (QED) is 0.826. The number of aromatic nitrogens is 2. The molecule has 152 valence electrons. The summed E-state index contributed by atoms with van der Waals surface area (Å²) in [5.41, 5.74) is 0.989. The second-order valence-electron chi connectivity index (χ2n) is 8.04. The van der Waals surface area contributed by atoms with E-state index in [1.54, 1.807) is 24.3 Å². The highest BCUT2D eigenvalue weighted by Gasteiger charge is 2.34. The van der Waals surface area contributed by atoms with Crippen LogP contribution in [0.25, 0.3) is 5.69 Å². The third-order valence-corrected chi connectivity index (χ3v) is 5.51. The summed E-state index contributed by atoms with van der Waals surface area (Å²) in [6, 6.07) is 8.59. The Labute approximate surface area is 170 Å². The lowest BCUT2D eigenvalue weighted by Crippen LogP contribution is -2.43. The number of carbonyl (C=O) groups excluding carboxylic acids is 1. The molecule has 1 saturated carbocycles. The molecule has 0 bridgehead atoms. The molecule has 1 aromatic carbocycles. The molecular formula is C22H26N4O3. The van der Waals surface area contributed by atoms with Crippen molar-refractivity contribution in [1.82, 2.24) is 9.78 Å². The lowest BCUT2D eigenvalue weighted by atomic mass is 9.82. The average Bonchev–Trinajstić information content (AvgIpc) is 3.13. The molecule has 0 spiro atoms. The second kappa shape index (κ2) is 8.48. The molecule has 0 aliphatic heterocycles. The maximum Gasteiger partial charge on any atom is 0.341 e. The van der Waals surface area contributed by atoms with Crippen LogP contribution in [0.3, 0.4) is 0 Å². The number of carbonyl (C=O) groups is 2. The molecule has 1 heterocycles. The molecular weight excluding hydrogens is 368 g/mol. The molecule has 29 heavy (non-hydrogen) atoms. The van der Waals surface area contributed by atoms with Gasteiger partial charge in [-0.05, 0) is 63.6 Å². The van der Waals surface area contributed by atoms with Crippen molar-refractivity contribution in [3.05, 3.63) is 41.6 Å². The van der Waals surface area contributed by atoms with Gasteiger partial charge in [-0.3, -0.25) is 9.69 Å². The molecule has 0 radical (unpaired) electrons. The Balaban J connectivity index is 2.01. The first kappa shape index (κ1) is 20.6. The van der Waals surface area contributed by atoms with Crippen molar-refractivity contribution in [2.45, 2.75) is 52.5 Å². The van der Waals surface area contributed by atoms with E-state index in [1.807, 2.05) is 13.8 Å². The number of nitriles is 1. The summed E-state index contributed by atoms with van der Waals surface area (Å²) >= 11 is 0. The van der Waals surface area contributed by atoms with Crippen LogP contribution in [0, 0.1) is 23.2 Å². The van der Waals surface area contributed by atoms with Crippen LogP contribution in [0.15, 0.2) is 30.5 Å². The first-order chi connectivity index (χ1) is 13.8. The number of carboxylic acids is 1. The van der Waals surface area contributed by atoms with E-state index in [2.05, 4.69) is 18.1 Å². The van der Waals surface area contributed by atoms with Gasteiger partial charge in [-0.15, -0.1) is 5.10 Å². The highest BCUT2D eigenvalue weighted by Crippen LogP contribution is 2.32. The summed E-state index contributed by atoms with van der Waals surface area (Å²) in [5, 5.41) is 23.3. The van der Waals surface area contributed by atoms with Crippen molar-refractivity contribution in [2.75, 3.05) is 4.90 Å². The zero-order chi connectivity index (χ0) is 21.1. The minimum absolute atomic E-state index is 0.0291. The number of nitrogens with zero attached hydrogens (tertiary/aromatic N) is 4. The Morgan fingerprint density at radius 3 is 2.55 bits per heavy atom. The van der Waals surface area contributed by atoms with Crippen molar-refractivity contribution in [3.63, 3.8) is 0 Å². The van der Waals surface area contributed by atoms with E-state index >= 15 is 0 Å². The van der Waals surface area contributed by atoms with Crippen LogP contribution < -0.4 is 4.90 Å². The van der Waals surface area contributed by atoms with Crippen LogP contribution in [-0.2, 0) is 4.79 Å². The Morgan fingerprint density at radius 2 is 1.97 bits per heavy atom. The van der Waals surface area contributed by atoms with Crippen molar-refractivity contribution in [2.24, 2.45) is 11.8 Å². The first-order valence-corrected chi connectivity index (χ1v) is 9.98. The predicted molar refractivity (Wildman–Crippen MR) is 109 cm³/mol. The summed E-state index contributed by atoms with van der Waals surface area (Å²) in [5.74, 6) is -0.544. The van der Waals surface area contributed by atoms with Gasteiger partial charge in [0, 0.05) is 18.2 Å². The largest absolute Gasteiger partial charge is 0.477 e. The van der Waals surface area contributed by atoms with Crippen LogP contribution in [0.5, 0.6) is 0 Å². The Hall–Kier alpha value is -3.14. The Morgan fingerprint density at radius 1 is 1.28 bits per heavy atom. The molecule has 1 amide bonds. The van der Waals surface area contributed by atoms with E-state index < -0.39 is 5.97 Å². The molecule has 1 aliphatic rings. The molecule has 0 unspecified atom stereocenters. The van der Waals surface area contributed by atoms with E-state index in [0.29, 0.717) is 17.2 Å². The molecule has 7 heteroatoms. The van der Waals surface area contributed by atoms with Crippen LogP contribution in [0.2, 0.25) is 0 Å². The molecule has 2 aromatic rings. The monoisotopic (exact) mass is 394 g/mol. The fourth-order valence-electron chi connectivity index (χ4n) is 3.85. The minimum Gasteiger partial charge on any atom is -0.477 e. The van der Waals surface area contributed by atoms with Gasteiger partial charge in [-0.2, -0.15) is 5.26 Å². The van der Waals surface area contributed by atoms with Gasteiger partial charge in [0.25, 0.3) is 0 Å². The smallest absolute Gasteiger partial charge is 0.341 e. The SMILES string of the molecule is CC(C)N(c1nn(-c2cccc(C#N)c2)cc1C(=O)O)C(=O)[C@H]1CC[C@H](C)CC1. The van der Waals surface area contributed by atoms with E-state index in [1.165, 1.54) is 15.8 Å². The number of amides is 1. The van der Waals surface area contributed by atoms with E-state index in [4.69, 9.17) is 5.26 Å². The zero-order valence-electron chi connectivity index (χ0n) is 17.0. The van der Waals surface area contributed by atoms with Gasteiger partial charge in [0.05, 0.1) is 17.3 Å². The third-order valence-electron chi connectivity index (χ3n) is 5.51. The molecule has 1 aromatic heterocycles. The third kappa shape index (κ3) is 4.32. The van der Waals surface area contributed by atoms with E-state index in [9.17, 15) is 14.7 Å². The Bertz CT molecular complexity index is 949. The molecule has 1 fully saturated rings. The number of anilines is 1. The molecule has 1 N–H and O–H groups in total. The van der Waals surface area contributed by atoms with Crippen molar-refractivity contribution in [3.8, 4) is 11.8 Å². The zero-order valence-corrected chi connectivity index (χ0v) is 17.0. The summed E-state index contributed by atoms with van der Waals surface area (Å²) < 4.78 is 1.42. The number of hydrogen-bond donors (Lipinski definition) is 1. The molecule has 7 nitrogen and oxygen atoms in total. The van der Waals surface area contributed by atoms with E-state index in [-0.39, 0.29) is 29.2 Å². The number of benzene rings is 1. The maximum absolute atomic E-state index is 13.3. The average molecular weight is 394 g/mol. The molecule has 0 atom stereocenters. The number of carboxylic acid groups (broad SMARTS) is 1. The van der Waals surface area contributed by atoms with Gasteiger partial charge in [0.15, 0.2) is 5.82 Å². The molecule has 1 aliphatic carbocycles. The maximum atomic E-state index is 13.3. The normalized spacial score (nSPS) is 19.0. The fraction of sp³-hybridized carbons (Fsp3) is 0.455. The van der Waals surface area contributed by atoms with Crippen molar-refractivity contribution >= 4 is 17.7 Å². The first-order valence-electron chi connectivity index (χ1n) is 9.98. The van der Waals surface area contributed by atoms with Crippen LogP contribution in [0.1, 0.15) is 62.4 Å². The van der Waals surface area contributed by atoms with Gasteiger partial charge in [0.1, 0.15) is 5.56 Å². The van der Waals surface area contributed by atoms with Crippen LogP contribution in [0.4, 0.5) is 5.82 Å². The fourth-order valence-corrected chi connectivity index (χ4v) is 3.85. The van der Waals surface area contributed by atoms with Gasteiger partial charge in [-0.25, -0.2) is 9.48 Å². The standard InChI is InChI=1S/C22H26N4O3/c1-14(2)26(21(27)17-9-7-15(3)8-10-17)20-19(22(28)29)13-25(24-20)18-6-4-5-16(11-18)12-23/h4-6,11,13-15,17H,7-10H2,1-3H3,(H,28,29)/t15-,17-. The summed E-state index contributed by atoms with van der Waals surface area (Å²) in [6.45, 7) is 5.93. The predicted octanol–water partition coefficient (Wildman–Crippen LogP) is 4.01. The number of aromatic carboxylic acids is 1. The van der Waals surface area contributed by atoms with Crippen LogP contribution in [-0.4, -0.2) is 32.8 Å². The van der Waals surface area contributed by atoms with Crippen molar-refractivity contribution in [1.29, 1.82) is 5.26 Å². The topological polar surface area (TPSA) is 99.2 Å². The van der Waals surface area contributed by atoms with Gasteiger partial charge < -0.3 is 5.11 Å². The summed E-state index contributed by atoms with van der Waals surface area (Å²) in [4.78, 5) is 26.7. The Kier molecular flexibility index (Phi) is 6.02. The van der Waals surface area contributed by atoms with Crippen molar-refractivity contribution < 1.29 is 14.7 Å². The number of hydrogen-bond acceptors (Lipinski definition) is 4. The van der Waals surface area contributed by atoms with Gasteiger partial charge in [-0.1, -0.05) is 13.0 Å². The second-order valence-corrected chi connectivity index (χ2v) is 8.04. The summed E-state index contributed by atoms with van der Waals surface area (Å²) in [7, 11) is 0. The van der Waals surface area contributed by atoms with Crippen LogP contribution >= 0.6 is 0 Å². The highest BCUT2D eigenvalue weighted by atomic mass is 16.4. The highest BCUT2D eigenvalue weighted by molar-refractivity contribution is 6.01. The minimum atomic E-state index is -1.14. The summed E-state index contributed by atoms with van der Waals surface area (Å²) in [6.07, 6.45) is 5.04. The molecule has 3 rings (SSSR count). The van der Waals surface area contributed by atoms with Gasteiger partial charge in [0.2, 0.25) is 5.91 Å². The van der Waals surface area contributed by atoms with Gasteiger partial charge >= 0.3 is 5.97 Å². The van der Waals surface area contributed by atoms with E-state index in [0.717, 1.165) is 25.7 Å². The lowest BCUT2D eigenvalue weighted by molar-refractivity contribution is -0.123. The number of rotatable bonds is 5.